The number of unbranched alkanes of at least 4 members (excludes halogenated alkanes) is 6. The molecule has 0 aliphatic heterocycles. The van der Waals surface area contributed by atoms with Crippen LogP contribution in [0.1, 0.15) is 106 Å². The van der Waals surface area contributed by atoms with E-state index in [0.717, 1.165) is 0 Å². The monoisotopic (exact) mass is 1020 g/mol. The van der Waals surface area contributed by atoms with Crippen LogP contribution in [-0.2, 0) is 49.6 Å². The third-order valence-electron chi connectivity index (χ3n) is 10.4. The van der Waals surface area contributed by atoms with Gasteiger partial charge in [-0.1, -0.05) is 18.2 Å². The molecular weight excluding hydrogens is 949 g/mol. The summed E-state index contributed by atoms with van der Waals surface area (Å²) in [5.74, 6) is -6.25. The van der Waals surface area contributed by atoms with E-state index in [-0.39, 0.29) is 93.8 Å². The van der Waals surface area contributed by atoms with Crippen LogP contribution in [0.3, 0.4) is 0 Å². The minimum absolute atomic E-state index is 0.0223. The van der Waals surface area contributed by atoms with Crippen molar-refractivity contribution in [3.05, 3.63) is 59.7 Å². The number of benzene rings is 2. The highest BCUT2D eigenvalue weighted by Gasteiger charge is 2.22. The van der Waals surface area contributed by atoms with Gasteiger partial charge < -0.3 is 46.3 Å². The zero-order valence-corrected chi connectivity index (χ0v) is 40.4. The molecule has 2 aromatic carbocycles. The molecule has 25 nitrogen and oxygen atoms in total. The van der Waals surface area contributed by atoms with Crippen molar-refractivity contribution in [2.24, 2.45) is 0 Å². The van der Waals surface area contributed by atoms with Gasteiger partial charge >= 0.3 is 11.9 Å². The van der Waals surface area contributed by atoms with Crippen molar-refractivity contribution in [1.29, 1.82) is 0 Å². The number of carbonyl (C=O) groups excluding carboxylic acids is 8. The highest BCUT2D eigenvalue weighted by Crippen LogP contribution is 2.15. The molecule has 398 valence electrons. The van der Waals surface area contributed by atoms with Gasteiger partial charge in [0.15, 0.2) is 13.2 Å². The Morgan fingerprint density at radius 1 is 0.542 bits per heavy atom. The van der Waals surface area contributed by atoms with E-state index >= 15 is 0 Å². The number of carbonyl (C=O) groups is 10. The summed E-state index contributed by atoms with van der Waals surface area (Å²) in [6.07, 6.45) is 4.29. The predicted molar refractivity (Wildman–Crippen MR) is 252 cm³/mol. The topological polar surface area (TPSA) is 360 Å². The van der Waals surface area contributed by atoms with Gasteiger partial charge in [-0.25, -0.2) is 24.8 Å². The molecular formula is C47H68N8O17. The minimum Gasteiger partial charge on any atom is -0.484 e. The van der Waals surface area contributed by atoms with Crippen LogP contribution in [0.5, 0.6) is 11.5 Å². The van der Waals surface area contributed by atoms with Gasteiger partial charge in [0.05, 0.1) is 6.54 Å². The molecule has 0 aromatic heterocycles. The second-order valence-corrected chi connectivity index (χ2v) is 16.4. The summed E-state index contributed by atoms with van der Waals surface area (Å²) in [4.78, 5) is 120. The Balaban J connectivity index is 1.51. The van der Waals surface area contributed by atoms with Crippen molar-refractivity contribution in [1.82, 2.24) is 41.8 Å². The average molecular weight is 1020 g/mol. The summed E-state index contributed by atoms with van der Waals surface area (Å²) in [5.41, 5.74) is 0.635. The largest absolute Gasteiger partial charge is 0.484 e. The molecule has 1 atom stereocenters. The molecule has 0 spiro atoms. The zero-order chi connectivity index (χ0) is 53.3. The molecule has 2 rings (SSSR count). The van der Waals surface area contributed by atoms with Gasteiger partial charge in [-0.2, -0.15) is 0 Å². The van der Waals surface area contributed by atoms with Gasteiger partial charge in [0.25, 0.3) is 11.8 Å². The van der Waals surface area contributed by atoms with Gasteiger partial charge in [0.2, 0.25) is 35.4 Å². The number of rotatable bonds is 37. The van der Waals surface area contributed by atoms with Gasteiger partial charge in [0.1, 0.15) is 17.5 Å². The molecule has 0 saturated heterocycles. The van der Waals surface area contributed by atoms with E-state index in [2.05, 4.69) is 26.6 Å². The van der Waals surface area contributed by atoms with Crippen molar-refractivity contribution in [3.8, 4) is 11.5 Å². The number of nitrogens with one attached hydrogen (secondary N) is 5. The van der Waals surface area contributed by atoms with Crippen LogP contribution in [-0.4, -0.2) is 165 Å². The SMILES string of the molecule is CC(=O)N(O)CCCCCNC(=O)CCC(=O)N(O)CCCCCNC(=O)CCC(=O)N(O)CCCCCNC(=O)COc1cccc(C(=O)NCC(=O)N[C@@H](Cc2ccc(OCC(=O)O)cc2)C(=O)O)c1. The van der Waals surface area contributed by atoms with Crippen LogP contribution in [0.4, 0.5) is 0 Å². The molecule has 0 radical (unpaired) electrons. The van der Waals surface area contributed by atoms with E-state index in [1.54, 1.807) is 0 Å². The number of carboxylic acids is 2. The van der Waals surface area contributed by atoms with Gasteiger partial charge in [-0.15, -0.1) is 0 Å². The van der Waals surface area contributed by atoms with Crippen LogP contribution in [0.25, 0.3) is 0 Å². The highest BCUT2D eigenvalue weighted by atomic mass is 16.5. The standard InChI is InChI=1S/C47H68N8O17/c1-33(56)53(68)25-8-2-5-22-48-39(57)18-20-43(61)54(69)26-9-3-6-23-49-40(58)19-21-44(62)55(70)27-10-4-7-24-50-42(60)31-71-37-13-11-12-35(29-37)46(65)51-30-41(59)52-38(47(66)67)28-34-14-16-36(17-15-34)72-32-45(63)64/h11-17,29,38,68-70H,2-10,18-28,30-32H2,1H3,(H,48,57)(H,49,58)(H,50,60)(H,51,65)(H,52,59)(H,63,64)(H,66,67)/t38-/m0/s1. The van der Waals surface area contributed by atoms with Crippen molar-refractivity contribution in [2.75, 3.05) is 59.0 Å². The number of ether oxygens (including phenoxy) is 2. The van der Waals surface area contributed by atoms with Gasteiger partial charge in [-0.3, -0.25) is 54.0 Å². The Labute approximate surface area is 416 Å². The Morgan fingerprint density at radius 3 is 1.54 bits per heavy atom. The summed E-state index contributed by atoms with van der Waals surface area (Å²) in [7, 11) is 0. The predicted octanol–water partition coefficient (Wildman–Crippen LogP) is 1.16. The molecule has 8 amide bonds. The second kappa shape index (κ2) is 34.8. The lowest BCUT2D eigenvalue weighted by Crippen LogP contribution is -2.46. The third-order valence-corrected chi connectivity index (χ3v) is 10.4. The fourth-order valence-electron chi connectivity index (χ4n) is 6.39. The van der Waals surface area contributed by atoms with Crippen LogP contribution in [0, 0.1) is 0 Å². The first-order chi connectivity index (χ1) is 34.3. The third kappa shape index (κ3) is 27.7. The fourth-order valence-corrected chi connectivity index (χ4v) is 6.39. The summed E-state index contributed by atoms with van der Waals surface area (Å²) in [5, 5.41) is 62.3. The van der Waals surface area contributed by atoms with Crippen LogP contribution >= 0.6 is 0 Å². The number of nitrogens with zero attached hydrogens (tertiary/aromatic N) is 3. The Bertz CT molecular complexity index is 2090. The molecule has 0 unspecified atom stereocenters. The summed E-state index contributed by atoms with van der Waals surface area (Å²) in [6.45, 7) is 1.06. The van der Waals surface area contributed by atoms with E-state index < -0.39 is 66.6 Å². The molecule has 10 N–H and O–H groups in total. The number of hydrogen-bond acceptors (Lipinski definition) is 15. The van der Waals surface area contributed by atoms with Crippen LogP contribution in [0.15, 0.2) is 48.5 Å². The first-order valence-corrected chi connectivity index (χ1v) is 23.6. The number of amides is 8. The van der Waals surface area contributed by atoms with Gasteiger partial charge in [0, 0.05) is 83.9 Å². The molecule has 0 fully saturated rings. The highest BCUT2D eigenvalue weighted by molar-refractivity contribution is 5.97. The summed E-state index contributed by atoms with van der Waals surface area (Å²) < 4.78 is 10.5. The number of hydroxylamine groups is 6. The molecule has 0 aliphatic rings. The number of hydrogen-bond donors (Lipinski definition) is 10. The van der Waals surface area contributed by atoms with Crippen molar-refractivity contribution in [3.63, 3.8) is 0 Å². The molecule has 0 bridgehead atoms. The maximum absolute atomic E-state index is 12.7. The molecule has 0 saturated carbocycles. The minimum atomic E-state index is -1.32. The molecule has 2 aromatic rings. The molecule has 0 aliphatic carbocycles. The van der Waals surface area contributed by atoms with E-state index in [4.69, 9.17) is 14.6 Å². The fraction of sp³-hybridized carbons (Fsp3) is 0.532. The van der Waals surface area contributed by atoms with E-state index in [1.807, 2.05) is 0 Å². The summed E-state index contributed by atoms with van der Waals surface area (Å²) >= 11 is 0. The lowest BCUT2D eigenvalue weighted by atomic mass is 10.1. The first-order valence-electron chi connectivity index (χ1n) is 23.6. The Morgan fingerprint density at radius 2 is 1.04 bits per heavy atom. The van der Waals surface area contributed by atoms with Crippen molar-refractivity contribution < 1.29 is 83.3 Å². The smallest absolute Gasteiger partial charge is 0.341 e. The quantitative estimate of drug-likeness (QED) is 0.0258. The number of carboxylic acid groups (broad SMARTS) is 2. The van der Waals surface area contributed by atoms with Gasteiger partial charge in [-0.05, 0) is 93.7 Å². The Hall–Kier alpha value is -7.38. The Kier molecular flexibility index (Phi) is 29.4. The van der Waals surface area contributed by atoms with E-state index in [1.165, 1.54) is 55.5 Å². The lowest BCUT2D eigenvalue weighted by molar-refractivity contribution is -0.166. The normalized spacial score (nSPS) is 11.0. The molecule has 72 heavy (non-hydrogen) atoms. The first kappa shape index (κ1) is 60.7. The summed E-state index contributed by atoms with van der Waals surface area (Å²) in [6, 6.07) is 10.5. The van der Waals surface area contributed by atoms with Crippen LogP contribution < -0.4 is 36.1 Å². The average Bonchev–Trinajstić information content (AvgIpc) is 3.35. The van der Waals surface area contributed by atoms with E-state index in [0.29, 0.717) is 91.6 Å². The van der Waals surface area contributed by atoms with Crippen LogP contribution in [0.2, 0.25) is 0 Å². The lowest BCUT2D eigenvalue weighted by Gasteiger charge is -2.15. The van der Waals surface area contributed by atoms with Crippen molar-refractivity contribution >= 4 is 59.2 Å². The maximum Gasteiger partial charge on any atom is 0.341 e. The van der Waals surface area contributed by atoms with E-state index in [9.17, 15) is 68.7 Å². The zero-order valence-electron chi connectivity index (χ0n) is 40.4. The van der Waals surface area contributed by atoms with Crippen molar-refractivity contribution in [2.45, 2.75) is 103 Å². The molecule has 25 heteroatoms. The number of aliphatic carboxylic acids is 2. The second-order valence-electron chi connectivity index (χ2n) is 16.4. The maximum atomic E-state index is 12.7. The molecule has 0 heterocycles.